The molecule has 0 aliphatic carbocycles. The number of hydrogen-bond acceptors (Lipinski definition) is 5. The molecule has 33 heavy (non-hydrogen) atoms. The van der Waals surface area contributed by atoms with Crippen molar-refractivity contribution in [3.8, 4) is 0 Å². The van der Waals surface area contributed by atoms with Gasteiger partial charge >= 0.3 is 0 Å². The predicted molar refractivity (Wildman–Crippen MR) is 127 cm³/mol. The highest BCUT2D eigenvalue weighted by atomic mass is 16.3. The van der Waals surface area contributed by atoms with Crippen LogP contribution >= 0.6 is 0 Å². The molecule has 0 saturated carbocycles. The first kappa shape index (κ1) is 21.9. The Bertz CT molecular complexity index is 1030. The minimum atomic E-state index is 0.0760. The number of aromatic nitrogens is 1. The third kappa shape index (κ3) is 5.34. The first-order chi connectivity index (χ1) is 16.3. The van der Waals surface area contributed by atoms with Gasteiger partial charge in [-0.25, -0.2) is 0 Å². The zero-order valence-corrected chi connectivity index (χ0v) is 19.0. The molecule has 1 aromatic carbocycles. The van der Waals surface area contributed by atoms with Crippen molar-refractivity contribution >= 4 is 5.91 Å². The molecule has 172 valence electrons. The molecule has 0 bridgehead atoms. The first-order valence-corrected chi connectivity index (χ1v) is 12.0. The Morgan fingerprint density at radius 3 is 2.73 bits per heavy atom. The van der Waals surface area contributed by atoms with Crippen molar-refractivity contribution in [2.24, 2.45) is 0 Å². The Hall–Kier alpha value is -2.96. The van der Waals surface area contributed by atoms with Crippen LogP contribution in [0.25, 0.3) is 0 Å². The largest absolute Gasteiger partial charge is 0.467 e. The number of carbonyl (C=O) groups is 1. The van der Waals surface area contributed by atoms with Gasteiger partial charge in [0.25, 0.3) is 0 Å². The van der Waals surface area contributed by atoms with Gasteiger partial charge in [-0.05, 0) is 67.2 Å². The SMILES string of the molecule is O=C(CC1c2ccccc2CCN1C1CCN(Cc2cccnc2)CC1)NCc1ccco1. The van der Waals surface area contributed by atoms with Crippen LogP contribution in [0.5, 0.6) is 0 Å². The Morgan fingerprint density at radius 2 is 1.94 bits per heavy atom. The average Bonchev–Trinajstić information content (AvgIpc) is 3.38. The van der Waals surface area contributed by atoms with Gasteiger partial charge in [0.1, 0.15) is 5.76 Å². The molecule has 1 atom stereocenters. The van der Waals surface area contributed by atoms with Gasteiger partial charge in [-0.15, -0.1) is 0 Å². The molecule has 1 unspecified atom stereocenters. The van der Waals surface area contributed by atoms with E-state index in [1.165, 1.54) is 16.7 Å². The zero-order chi connectivity index (χ0) is 22.5. The lowest BCUT2D eigenvalue weighted by Crippen LogP contribution is -2.49. The maximum absolute atomic E-state index is 12.9. The standard InChI is InChI=1S/C27H32N4O2/c32-27(29-19-24-7-4-16-33-24)17-26-25-8-2-1-6-22(25)9-15-31(26)23-10-13-30(14-11-23)20-21-5-3-12-28-18-21/h1-8,12,16,18,23,26H,9-11,13-15,17,19-20H2,(H,29,32). The summed E-state index contributed by atoms with van der Waals surface area (Å²) >= 11 is 0. The molecule has 1 fully saturated rings. The van der Waals surface area contributed by atoms with Gasteiger partial charge < -0.3 is 9.73 Å². The number of benzene rings is 1. The first-order valence-electron chi connectivity index (χ1n) is 12.0. The highest BCUT2D eigenvalue weighted by Crippen LogP contribution is 2.36. The van der Waals surface area contributed by atoms with E-state index < -0.39 is 0 Å². The lowest BCUT2D eigenvalue weighted by Gasteiger charge is -2.45. The number of amides is 1. The lowest BCUT2D eigenvalue weighted by atomic mass is 9.87. The number of rotatable bonds is 7. The van der Waals surface area contributed by atoms with Crippen LogP contribution in [0.1, 0.15) is 47.8 Å². The number of likely N-dealkylation sites (tertiary alicyclic amines) is 1. The van der Waals surface area contributed by atoms with Gasteiger partial charge in [-0.2, -0.15) is 0 Å². The van der Waals surface area contributed by atoms with E-state index in [4.69, 9.17) is 4.42 Å². The number of furan rings is 1. The van der Waals surface area contributed by atoms with Gasteiger partial charge in [0.05, 0.1) is 12.8 Å². The Balaban J connectivity index is 1.24. The van der Waals surface area contributed by atoms with Gasteiger partial charge in [0.15, 0.2) is 0 Å². The van der Waals surface area contributed by atoms with Crippen LogP contribution in [0, 0.1) is 0 Å². The third-order valence-corrected chi connectivity index (χ3v) is 7.03. The van der Waals surface area contributed by atoms with Crippen LogP contribution in [0.4, 0.5) is 0 Å². The third-order valence-electron chi connectivity index (χ3n) is 7.03. The summed E-state index contributed by atoms with van der Waals surface area (Å²) in [6.07, 6.45) is 9.23. The van der Waals surface area contributed by atoms with Gasteiger partial charge in [-0.3, -0.25) is 19.6 Å². The Morgan fingerprint density at radius 1 is 1.06 bits per heavy atom. The number of pyridine rings is 1. The second-order valence-electron chi connectivity index (χ2n) is 9.13. The second kappa shape index (κ2) is 10.3. The molecule has 2 aliphatic heterocycles. The molecule has 2 aliphatic rings. The summed E-state index contributed by atoms with van der Waals surface area (Å²) in [5.41, 5.74) is 3.97. The molecular formula is C27H32N4O2. The minimum Gasteiger partial charge on any atom is -0.467 e. The topological polar surface area (TPSA) is 61.6 Å². The van der Waals surface area contributed by atoms with Crippen molar-refractivity contribution < 1.29 is 9.21 Å². The van der Waals surface area contributed by atoms with Crippen molar-refractivity contribution in [3.63, 3.8) is 0 Å². The summed E-state index contributed by atoms with van der Waals surface area (Å²) in [4.78, 5) is 22.3. The van der Waals surface area contributed by atoms with Crippen LogP contribution in [0.3, 0.4) is 0 Å². The summed E-state index contributed by atoms with van der Waals surface area (Å²) in [5.74, 6) is 0.859. The van der Waals surface area contributed by atoms with E-state index in [9.17, 15) is 4.79 Å². The molecule has 1 amide bonds. The van der Waals surface area contributed by atoms with Crippen LogP contribution < -0.4 is 5.32 Å². The molecule has 1 N–H and O–H groups in total. The van der Waals surface area contributed by atoms with Crippen LogP contribution in [0.15, 0.2) is 71.6 Å². The van der Waals surface area contributed by atoms with Crippen molar-refractivity contribution in [1.82, 2.24) is 20.1 Å². The number of fused-ring (bicyclic) bond motifs is 1. The highest BCUT2D eigenvalue weighted by molar-refractivity contribution is 5.76. The van der Waals surface area contributed by atoms with Gasteiger partial charge in [0.2, 0.25) is 5.91 Å². The molecule has 1 saturated heterocycles. The molecule has 6 heteroatoms. The number of carbonyl (C=O) groups excluding carboxylic acids is 1. The predicted octanol–water partition coefficient (Wildman–Crippen LogP) is 3.94. The Labute approximate surface area is 195 Å². The lowest BCUT2D eigenvalue weighted by molar-refractivity contribution is -0.123. The van der Waals surface area contributed by atoms with Crippen molar-refractivity contribution in [2.45, 2.75) is 50.9 Å². The van der Waals surface area contributed by atoms with Crippen molar-refractivity contribution in [2.75, 3.05) is 19.6 Å². The minimum absolute atomic E-state index is 0.0760. The molecule has 6 nitrogen and oxygen atoms in total. The molecule has 3 aromatic rings. The molecular weight excluding hydrogens is 412 g/mol. The fourth-order valence-electron chi connectivity index (χ4n) is 5.34. The normalized spacial score (nSPS) is 19.8. The molecule has 4 heterocycles. The van der Waals surface area contributed by atoms with Crippen molar-refractivity contribution in [1.29, 1.82) is 0 Å². The maximum Gasteiger partial charge on any atom is 0.222 e. The summed E-state index contributed by atoms with van der Waals surface area (Å²) < 4.78 is 5.37. The van der Waals surface area contributed by atoms with Gasteiger partial charge in [-0.1, -0.05) is 30.3 Å². The van der Waals surface area contributed by atoms with E-state index in [2.05, 4.69) is 50.4 Å². The fraction of sp³-hybridized carbons (Fsp3) is 0.407. The van der Waals surface area contributed by atoms with Crippen LogP contribution in [-0.4, -0.2) is 46.4 Å². The smallest absolute Gasteiger partial charge is 0.222 e. The quantitative estimate of drug-likeness (QED) is 0.598. The van der Waals surface area contributed by atoms with Crippen LogP contribution in [-0.2, 0) is 24.3 Å². The maximum atomic E-state index is 12.9. The average molecular weight is 445 g/mol. The van der Waals surface area contributed by atoms with E-state index in [0.29, 0.717) is 19.0 Å². The summed E-state index contributed by atoms with van der Waals surface area (Å²) in [6.45, 7) is 4.57. The summed E-state index contributed by atoms with van der Waals surface area (Å²) in [7, 11) is 0. The van der Waals surface area contributed by atoms with E-state index in [1.807, 2.05) is 30.6 Å². The van der Waals surface area contributed by atoms with Crippen molar-refractivity contribution in [3.05, 3.63) is 89.6 Å². The molecule has 2 aromatic heterocycles. The summed E-state index contributed by atoms with van der Waals surface area (Å²) in [6, 6.07) is 17.2. The van der Waals surface area contributed by atoms with Gasteiger partial charge in [0, 0.05) is 44.0 Å². The number of hydrogen-bond donors (Lipinski definition) is 1. The monoisotopic (exact) mass is 444 g/mol. The van der Waals surface area contributed by atoms with Crippen LogP contribution in [0.2, 0.25) is 0 Å². The summed E-state index contributed by atoms with van der Waals surface area (Å²) in [5, 5.41) is 3.05. The second-order valence-corrected chi connectivity index (χ2v) is 9.13. The molecule has 0 spiro atoms. The molecule has 0 radical (unpaired) electrons. The van der Waals surface area contributed by atoms with E-state index in [-0.39, 0.29) is 11.9 Å². The number of nitrogens with zero attached hydrogens (tertiary/aromatic N) is 3. The fourth-order valence-corrected chi connectivity index (χ4v) is 5.34. The zero-order valence-electron chi connectivity index (χ0n) is 19.0. The van der Waals surface area contributed by atoms with E-state index in [1.54, 1.807) is 6.26 Å². The van der Waals surface area contributed by atoms with E-state index in [0.717, 1.165) is 51.2 Å². The van der Waals surface area contributed by atoms with E-state index >= 15 is 0 Å². The Kier molecular flexibility index (Phi) is 6.84. The highest BCUT2D eigenvalue weighted by Gasteiger charge is 2.35. The number of nitrogens with one attached hydrogen (secondary N) is 1. The number of piperidine rings is 1. The molecule has 5 rings (SSSR count).